The van der Waals surface area contributed by atoms with Crippen LogP contribution in [0.1, 0.15) is 18.4 Å². The minimum atomic E-state index is -3.85. The number of hydrogen-bond acceptors (Lipinski definition) is 6. The second-order valence-corrected chi connectivity index (χ2v) is 9.67. The van der Waals surface area contributed by atoms with Gasteiger partial charge in [-0.15, -0.1) is 0 Å². The van der Waals surface area contributed by atoms with Gasteiger partial charge in [0.2, 0.25) is 15.9 Å². The van der Waals surface area contributed by atoms with E-state index < -0.39 is 15.9 Å². The molecule has 3 rings (SSSR count). The fraction of sp³-hybridized carbons (Fsp3) is 0.435. The molecule has 2 aromatic rings. The fourth-order valence-electron chi connectivity index (χ4n) is 3.88. The van der Waals surface area contributed by atoms with E-state index in [0.717, 1.165) is 11.3 Å². The fourth-order valence-corrected chi connectivity index (χ4v) is 5.58. The van der Waals surface area contributed by atoms with Crippen molar-refractivity contribution in [2.75, 3.05) is 41.5 Å². The maximum Gasteiger partial charge on any atom is 0.246 e. The van der Waals surface area contributed by atoms with Crippen molar-refractivity contribution in [3.63, 3.8) is 0 Å². The molecule has 0 bridgehead atoms. The van der Waals surface area contributed by atoms with Crippen LogP contribution in [-0.4, -0.2) is 65.0 Å². The molecule has 0 unspecified atom stereocenters. The highest BCUT2D eigenvalue weighted by molar-refractivity contribution is 7.89. The largest absolute Gasteiger partial charge is 0.497 e. The van der Waals surface area contributed by atoms with Crippen LogP contribution >= 0.6 is 0 Å². The molecule has 0 radical (unpaired) electrons. The number of methoxy groups -OCH3 is 3. The molecule has 2 aromatic carbocycles. The molecule has 32 heavy (non-hydrogen) atoms. The van der Waals surface area contributed by atoms with Crippen LogP contribution in [0.15, 0.2) is 47.4 Å². The number of carbonyl (C=O) groups excluding carboxylic acids is 1. The molecular weight excluding hydrogens is 432 g/mol. The number of piperidine rings is 1. The van der Waals surface area contributed by atoms with Gasteiger partial charge in [0.15, 0.2) is 0 Å². The predicted octanol–water partition coefficient (Wildman–Crippen LogP) is 2.77. The number of amides is 1. The van der Waals surface area contributed by atoms with Gasteiger partial charge in [-0.05, 0) is 42.7 Å². The van der Waals surface area contributed by atoms with Gasteiger partial charge in [-0.3, -0.25) is 4.79 Å². The highest BCUT2D eigenvalue weighted by atomic mass is 32.2. The van der Waals surface area contributed by atoms with Gasteiger partial charge in [-0.2, -0.15) is 4.31 Å². The highest BCUT2D eigenvalue weighted by Gasteiger charge is 2.36. The zero-order valence-corrected chi connectivity index (χ0v) is 19.7. The zero-order valence-electron chi connectivity index (χ0n) is 18.9. The molecule has 1 aliphatic heterocycles. The molecule has 0 aliphatic carbocycles. The Hall–Kier alpha value is -2.78. The third-order valence-corrected chi connectivity index (χ3v) is 7.56. The van der Waals surface area contributed by atoms with E-state index in [2.05, 4.69) is 0 Å². The first-order valence-corrected chi connectivity index (χ1v) is 11.8. The Morgan fingerprint density at radius 2 is 1.69 bits per heavy atom. The minimum Gasteiger partial charge on any atom is -0.497 e. The van der Waals surface area contributed by atoms with Crippen LogP contribution in [0.4, 0.5) is 0 Å². The summed E-state index contributed by atoms with van der Waals surface area (Å²) in [5.41, 5.74) is 0.975. The second kappa shape index (κ2) is 10.2. The van der Waals surface area contributed by atoms with Crippen LogP contribution in [0, 0.1) is 5.92 Å². The van der Waals surface area contributed by atoms with E-state index in [4.69, 9.17) is 14.2 Å². The molecule has 0 saturated carbocycles. The molecule has 0 N–H and O–H groups in total. The number of benzene rings is 2. The summed E-state index contributed by atoms with van der Waals surface area (Å²) in [5, 5.41) is 0. The summed E-state index contributed by atoms with van der Waals surface area (Å²) < 4.78 is 43.8. The molecule has 0 aromatic heterocycles. The summed E-state index contributed by atoms with van der Waals surface area (Å²) in [6.45, 7) is 0.930. The first-order chi connectivity index (χ1) is 15.3. The summed E-state index contributed by atoms with van der Waals surface area (Å²) in [5.74, 6) is 0.949. The maximum atomic E-state index is 13.4. The van der Waals surface area contributed by atoms with Gasteiger partial charge >= 0.3 is 0 Å². The Bertz CT molecular complexity index is 1040. The summed E-state index contributed by atoms with van der Waals surface area (Å²) >= 11 is 0. The Labute approximate surface area is 189 Å². The molecule has 9 heteroatoms. The summed E-state index contributed by atoms with van der Waals surface area (Å²) in [6.07, 6.45) is 1.26. The van der Waals surface area contributed by atoms with Gasteiger partial charge in [-0.1, -0.05) is 12.1 Å². The van der Waals surface area contributed by atoms with Crippen molar-refractivity contribution in [2.24, 2.45) is 5.92 Å². The van der Waals surface area contributed by atoms with E-state index in [-0.39, 0.29) is 23.1 Å². The van der Waals surface area contributed by atoms with Crippen molar-refractivity contribution in [3.05, 3.63) is 48.0 Å². The van der Waals surface area contributed by atoms with Crippen LogP contribution in [0.3, 0.4) is 0 Å². The predicted molar refractivity (Wildman–Crippen MR) is 120 cm³/mol. The van der Waals surface area contributed by atoms with Crippen LogP contribution in [0.2, 0.25) is 0 Å². The molecule has 0 spiro atoms. The summed E-state index contributed by atoms with van der Waals surface area (Å²) in [6, 6.07) is 12.2. The Morgan fingerprint density at radius 3 is 2.31 bits per heavy atom. The smallest absolute Gasteiger partial charge is 0.246 e. The van der Waals surface area contributed by atoms with Crippen molar-refractivity contribution in [2.45, 2.75) is 24.3 Å². The number of carbonyl (C=O) groups is 1. The molecule has 1 aliphatic rings. The lowest BCUT2D eigenvalue weighted by Gasteiger charge is -2.33. The summed E-state index contributed by atoms with van der Waals surface area (Å²) in [7, 11) is 2.40. The van der Waals surface area contributed by atoms with Crippen molar-refractivity contribution >= 4 is 15.9 Å². The van der Waals surface area contributed by atoms with Gasteiger partial charge in [0.05, 0.1) is 27.2 Å². The Kier molecular flexibility index (Phi) is 7.63. The molecule has 1 amide bonds. The molecule has 174 valence electrons. The van der Waals surface area contributed by atoms with E-state index in [9.17, 15) is 13.2 Å². The van der Waals surface area contributed by atoms with Crippen LogP contribution in [0.5, 0.6) is 17.2 Å². The molecular formula is C23H30N2O6S. The normalized spacial score (nSPS) is 16.9. The van der Waals surface area contributed by atoms with Crippen molar-refractivity contribution in [1.82, 2.24) is 9.21 Å². The minimum absolute atomic E-state index is 0.0408. The number of rotatable bonds is 8. The topological polar surface area (TPSA) is 85.4 Å². The number of hydrogen-bond donors (Lipinski definition) is 0. The van der Waals surface area contributed by atoms with E-state index in [1.54, 1.807) is 31.2 Å². The zero-order chi connectivity index (χ0) is 23.3. The second-order valence-electron chi connectivity index (χ2n) is 7.76. The average Bonchev–Trinajstić information content (AvgIpc) is 2.83. The Balaban J connectivity index is 1.74. The van der Waals surface area contributed by atoms with Gasteiger partial charge in [0.25, 0.3) is 0 Å². The quantitative estimate of drug-likeness (QED) is 0.600. The first kappa shape index (κ1) is 23.9. The van der Waals surface area contributed by atoms with E-state index in [1.165, 1.54) is 24.6 Å². The number of ether oxygens (including phenoxy) is 3. The average molecular weight is 463 g/mol. The maximum absolute atomic E-state index is 13.4. The van der Waals surface area contributed by atoms with Gasteiger partial charge in [-0.25, -0.2) is 8.42 Å². The lowest BCUT2D eigenvalue weighted by atomic mass is 9.98. The van der Waals surface area contributed by atoms with Crippen molar-refractivity contribution in [1.29, 1.82) is 0 Å². The van der Waals surface area contributed by atoms with E-state index in [0.29, 0.717) is 31.7 Å². The number of sulfonamides is 1. The monoisotopic (exact) mass is 462 g/mol. The van der Waals surface area contributed by atoms with Crippen LogP contribution < -0.4 is 14.2 Å². The summed E-state index contributed by atoms with van der Waals surface area (Å²) in [4.78, 5) is 14.8. The lowest BCUT2D eigenvalue weighted by Crippen LogP contribution is -2.45. The van der Waals surface area contributed by atoms with Crippen molar-refractivity contribution in [3.8, 4) is 17.2 Å². The van der Waals surface area contributed by atoms with Gasteiger partial charge in [0, 0.05) is 32.7 Å². The first-order valence-electron chi connectivity index (χ1n) is 10.4. The van der Waals surface area contributed by atoms with E-state index in [1.807, 2.05) is 24.3 Å². The number of nitrogens with zero attached hydrogens (tertiary/aromatic N) is 2. The standard InChI is InChI=1S/C23H30N2O6S/c1-24(15-17-7-9-19(29-2)10-8-17)23(26)18-6-5-13-25(16-18)32(27,28)22-14-20(30-3)11-12-21(22)31-4/h7-12,14,18H,5-6,13,15-16H2,1-4H3/t18-/m1/s1. The Morgan fingerprint density at radius 1 is 1.03 bits per heavy atom. The van der Waals surface area contributed by atoms with Crippen LogP contribution in [0.25, 0.3) is 0 Å². The molecule has 1 fully saturated rings. The molecule has 1 atom stereocenters. The van der Waals surface area contributed by atoms with Gasteiger partial charge in [0.1, 0.15) is 22.1 Å². The third kappa shape index (κ3) is 5.16. The van der Waals surface area contributed by atoms with E-state index >= 15 is 0 Å². The van der Waals surface area contributed by atoms with Crippen molar-refractivity contribution < 1.29 is 27.4 Å². The highest BCUT2D eigenvalue weighted by Crippen LogP contribution is 2.33. The molecule has 1 heterocycles. The lowest BCUT2D eigenvalue weighted by molar-refractivity contribution is -0.135. The van der Waals surface area contributed by atoms with Crippen LogP contribution in [-0.2, 0) is 21.4 Å². The SMILES string of the molecule is COc1ccc(CN(C)C(=O)[C@@H]2CCCN(S(=O)(=O)c3cc(OC)ccc3OC)C2)cc1. The van der Waals surface area contributed by atoms with Gasteiger partial charge < -0.3 is 19.1 Å². The molecule has 8 nitrogen and oxygen atoms in total. The molecule has 1 saturated heterocycles. The third-order valence-electron chi connectivity index (χ3n) is 5.68.